The molecule has 1 aromatic carbocycles. The Labute approximate surface area is 92.1 Å². The summed E-state index contributed by atoms with van der Waals surface area (Å²) in [6, 6.07) is 2.98. The highest BCUT2D eigenvalue weighted by Gasteiger charge is 2.26. The molecule has 0 unspecified atom stereocenters. The van der Waals surface area contributed by atoms with Gasteiger partial charge in [0, 0.05) is 18.3 Å². The fraction of sp³-hybridized carbons (Fsp3) is 0.364. The van der Waals surface area contributed by atoms with Gasteiger partial charge in [-0.3, -0.25) is 4.79 Å². The number of carboxylic acids is 1. The minimum absolute atomic E-state index is 0.0885. The first-order valence-corrected chi connectivity index (χ1v) is 4.74. The van der Waals surface area contributed by atoms with Crippen molar-refractivity contribution >= 4 is 11.7 Å². The Morgan fingerprint density at radius 2 is 1.81 bits per heavy atom. The first-order chi connectivity index (χ1) is 7.31. The maximum Gasteiger partial charge on any atom is 0.310 e. The molecule has 88 valence electrons. The minimum atomic E-state index is -0.997. The number of hydrogen-bond donors (Lipinski definition) is 2. The second kappa shape index (κ2) is 4.47. The third kappa shape index (κ3) is 3.18. The minimum Gasteiger partial charge on any atom is -0.481 e. The molecule has 0 heterocycles. The van der Waals surface area contributed by atoms with Crippen molar-refractivity contribution in [1.29, 1.82) is 0 Å². The number of carbonyl (C=O) groups is 1. The normalized spacial score (nSPS) is 11.2. The van der Waals surface area contributed by atoms with E-state index in [0.29, 0.717) is 0 Å². The molecule has 0 atom stereocenters. The number of aliphatic carboxylic acids is 1. The SMILES string of the molecule is CC(C)(CNc1cc(F)cc(F)c1)C(=O)O. The van der Waals surface area contributed by atoms with E-state index < -0.39 is 23.0 Å². The van der Waals surface area contributed by atoms with Crippen LogP contribution < -0.4 is 5.32 Å². The van der Waals surface area contributed by atoms with Crippen LogP contribution in [0.1, 0.15) is 13.8 Å². The molecule has 1 rings (SSSR count). The van der Waals surface area contributed by atoms with E-state index in [1.165, 1.54) is 13.8 Å². The number of nitrogens with one attached hydrogen (secondary N) is 1. The molecular formula is C11H13F2NO2. The molecule has 0 bridgehead atoms. The lowest BCUT2D eigenvalue weighted by Gasteiger charge is -2.20. The topological polar surface area (TPSA) is 49.3 Å². The van der Waals surface area contributed by atoms with Crippen LogP contribution in [0.5, 0.6) is 0 Å². The summed E-state index contributed by atoms with van der Waals surface area (Å²) in [5.41, 5.74) is -0.769. The van der Waals surface area contributed by atoms with E-state index in [-0.39, 0.29) is 12.2 Å². The largest absolute Gasteiger partial charge is 0.481 e. The van der Waals surface area contributed by atoms with E-state index >= 15 is 0 Å². The lowest BCUT2D eigenvalue weighted by atomic mass is 9.94. The van der Waals surface area contributed by atoms with Gasteiger partial charge >= 0.3 is 5.97 Å². The van der Waals surface area contributed by atoms with Gasteiger partial charge in [0.1, 0.15) is 11.6 Å². The van der Waals surface area contributed by atoms with Gasteiger partial charge < -0.3 is 10.4 Å². The lowest BCUT2D eigenvalue weighted by molar-refractivity contribution is -0.146. The van der Waals surface area contributed by atoms with Crippen molar-refractivity contribution in [3.63, 3.8) is 0 Å². The van der Waals surface area contributed by atoms with Gasteiger partial charge in [0.15, 0.2) is 0 Å². The Hall–Kier alpha value is -1.65. The Morgan fingerprint density at radius 3 is 2.25 bits per heavy atom. The van der Waals surface area contributed by atoms with Gasteiger partial charge in [-0.15, -0.1) is 0 Å². The number of anilines is 1. The summed E-state index contributed by atoms with van der Waals surface area (Å²) >= 11 is 0. The van der Waals surface area contributed by atoms with Gasteiger partial charge in [-0.1, -0.05) is 0 Å². The molecule has 0 aromatic heterocycles. The third-order valence-electron chi connectivity index (χ3n) is 2.18. The molecule has 0 aliphatic rings. The molecule has 0 aliphatic heterocycles. The van der Waals surface area contributed by atoms with Crippen molar-refractivity contribution in [3.05, 3.63) is 29.8 Å². The molecule has 16 heavy (non-hydrogen) atoms. The molecule has 0 fully saturated rings. The maximum atomic E-state index is 12.8. The van der Waals surface area contributed by atoms with Gasteiger partial charge in [-0.05, 0) is 26.0 Å². The van der Waals surface area contributed by atoms with Crippen LogP contribution in [0, 0.1) is 17.0 Å². The molecule has 0 amide bonds. The highest BCUT2D eigenvalue weighted by atomic mass is 19.1. The maximum absolute atomic E-state index is 12.8. The third-order valence-corrected chi connectivity index (χ3v) is 2.18. The van der Waals surface area contributed by atoms with Crippen LogP contribution in [0.25, 0.3) is 0 Å². The zero-order chi connectivity index (χ0) is 12.3. The number of halogens is 2. The van der Waals surface area contributed by atoms with E-state index in [9.17, 15) is 13.6 Å². The summed E-state index contributed by atoms with van der Waals surface area (Å²) in [7, 11) is 0. The molecule has 0 spiro atoms. The van der Waals surface area contributed by atoms with Crippen LogP contribution in [0.3, 0.4) is 0 Å². The van der Waals surface area contributed by atoms with E-state index in [1.807, 2.05) is 0 Å². The quantitative estimate of drug-likeness (QED) is 0.833. The molecular weight excluding hydrogens is 216 g/mol. The smallest absolute Gasteiger partial charge is 0.310 e. The van der Waals surface area contributed by atoms with Gasteiger partial charge in [-0.25, -0.2) is 8.78 Å². The molecule has 0 aliphatic carbocycles. The molecule has 5 heteroatoms. The van der Waals surface area contributed by atoms with Crippen molar-refractivity contribution in [1.82, 2.24) is 0 Å². The van der Waals surface area contributed by atoms with E-state index in [0.717, 1.165) is 18.2 Å². The van der Waals surface area contributed by atoms with Crippen LogP contribution in [-0.2, 0) is 4.79 Å². The Morgan fingerprint density at radius 1 is 1.31 bits per heavy atom. The van der Waals surface area contributed by atoms with Crippen molar-refractivity contribution < 1.29 is 18.7 Å². The second-order valence-corrected chi connectivity index (χ2v) is 4.20. The number of benzene rings is 1. The monoisotopic (exact) mass is 229 g/mol. The van der Waals surface area contributed by atoms with Crippen LogP contribution in [0.4, 0.5) is 14.5 Å². The fourth-order valence-electron chi connectivity index (χ4n) is 1.05. The average molecular weight is 229 g/mol. The Bertz CT molecular complexity index is 385. The lowest BCUT2D eigenvalue weighted by Crippen LogP contribution is -2.31. The molecule has 0 radical (unpaired) electrons. The van der Waals surface area contributed by atoms with E-state index in [2.05, 4.69) is 5.32 Å². The van der Waals surface area contributed by atoms with Gasteiger partial charge in [0.25, 0.3) is 0 Å². The number of rotatable bonds is 4. The first kappa shape index (κ1) is 12.4. The predicted octanol–water partition coefficient (Wildman–Crippen LogP) is 2.49. The summed E-state index contributed by atoms with van der Waals surface area (Å²) < 4.78 is 25.6. The molecule has 1 aromatic rings. The van der Waals surface area contributed by atoms with Crippen molar-refractivity contribution in [2.75, 3.05) is 11.9 Å². The highest BCUT2D eigenvalue weighted by molar-refractivity contribution is 5.74. The van der Waals surface area contributed by atoms with Crippen LogP contribution in [0.2, 0.25) is 0 Å². The number of hydrogen-bond acceptors (Lipinski definition) is 2. The summed E-state index contributed by atoms with van der Waals surface area (Å²) in [5, 5.41) is 11.5. The standard InChI is InChI=1S/C11H13F2NO2/c1-11(2,10(15)16)6-14-9-4-7(12)3-8(13)5-9/h3-5,14H,6H2,1-2H3,(H,15,16). The summed E-state index contributed by atoms with van der Waals surface area (Å²) in [6.45, 7) is 3.14. The summed E-state index contributed by atoms with van der Waals surface area (Å²) in [4.78, 5) is 10.8. The molecule has 0 saturated carbocycles. The van der Waals surface area contributed by atoms with Crippen molar-refractivity contribution in [2.24, 2.45) is 5.41 Å². The zero-order valence-electron chi connectivity index (χ0n) is 9.05. The van der Waals surface area contributed by atoms with Gasteiger partial charge in [0.05, 0.1) is 5.41 Å². The number of carboxylic acid groups (broad SMARTS) is 1. The molecule has 2 N–H and O–H groups in total. The predicted molar refractivity (Wildman–Crippen MR) is 56.3 cm³/mol. The van der Waals surface area contributed by atoms with E-state index in [4.69, 9.17) is 5.11 Å². The van der Waals surface area contributed by atoms with E-state index in [1.54, 1.807) is 0 Å². The van der Waals surface area contributed by atoms with Gasteiger partial charge in [-0.2, -0.15) is 0 Å². The molecule has 3 nitrogen and oxygen atoms in total. The van der Waals surface area contributed by atoms with Crippen LogP contribution in [-0.4, -0.2) is 17.6 Å². The van der Waals surface area contributed by atoms with Crippen LogP contribution >= 0.6 is 0 Å². The van der Waals surface area contributed by atoms with Crippen molar-refractivity contribution in [3.8, 4) is 0 Å². The second-order valence-electron chi connectivity index (χ2n) is 4.20. The van der Waals surface area contributed by atoms with Gasteiger partial charge in [0.2, 0.25) is 0 Å². The molecule has 0 saturated heterocycles. The fourth-order valence-corrected chi connectivity index (χ4v) is 1.05. The Kier molecular flexibility index (Phi) is 3.47. The van der Waals surface area contributed by atoms with Crippen molar-refractivity contribution in [2.45, 2.75) is 13.8 Å². The summed E-state index contributed by atoms with van der Waals surface area (Å²) in [5.74, 6) is -2.37. The Balaban J connectivity index is 2.71. The zero-order valence-corrected chi connectivity index (χ0v) is 9.05. The highest BCUT2D eigenvalue weighted by Crippen LogP contribution is 2.18. The average Bonchev–Trinajstić information content (AvgIpc) is 2.13. The van der Waals surface area contributed by atoms with Crippen LogP contribution in [0.15, 0.2) is 18.2 Å². The first-order valence-electron chi connectivity index (χ1n) is 4.74. The summed E-state index contributed by atoms with van der Waals surface area (Å²) in [6.07, 6.45) is 0.